The lowest BCUT2D eigenvalue weighted by atomic mass is 9.56. The lowest BCUT2D eigenvalue weighted by molar-refractivity contribution is -0.116. The zero-order valence-electron chi connectivity index (χ0n) is 27.7. The lowest BCUT2D eigenvalue weighted by Crippen LogP contribution is -2.48. The number of hydrogen-bond acceptors (Lipinski definition) is 5. The second kappa shape index (κ2) is 13.3. The van der Waals surface area contributed by atoms with Crippen molar-refractivity contribution in [1.82, 2.24) is 10.6 Å². The summed E-state index contributed by atoms with van der Waals surface area (Å²) in [5.41, 5.74) is 6.59. The number of aryl methyl sites for hydroxylation is 1. The van der Waals surface area contributed by atoms with Gasteiger partial charge < -0.3 is 20.2 Å². The third-order valence-electron chi connectivity index (χ3n) is 12.8. The zero-order chi connectivity index (χ0) is 30.9. The Kier molecular flexibility index (Phi) is 9.67. The number of rotatable bonds is 6. The monoisotopic (exact) mass is 600 g/mol. The molecular formula is C39H56N2O3. The van der Waals surface area contributed by atoms with Gasteiger partial charge in [0, 0.05) is 18.4 Å². The van der Waals surface area contributed by atoms with Crippen LogP contribution in [-0.2, 0) is 20.7 Å². The Morgan fingerprint density at radius 3 is 2.73 bits per heavy atom. The first-order chi connectivity index (χ1) is 21.2. The largest absolute Gasteiger partial charge is 0.369 e. The Bertz CT molecular complexity index is 1260. The molecule has 1 spiro atoms. The Hall–Kier alpha value is -2.08. The fourth-order valence-corrected chi connectivity index (χ4v) is 10.4. The quantitative estimate of drug-likeness (QED) is 0.209. The van der Waals surface area contributed by atoms with Crippen molar-refractivity contribution in [2.75, 3.05) is 19.6 Å². The molecule has 2 saturated carbocycles. The van der Waals surface area contributed by atoms with E-state index in [-0.39, 0.29) is 11.0 Å². The van der Waals surface area contributed by atoms with Gasteiger partial charge in [-0.3, -0.25) is 4.79 Å². The molecule has 7 rings (SSSR count). The summed E-state index contributed by atoms with van der Waals surface area (Å²) in [4.78, 5) is 22.1. The summed E-state index contributed by atoms with van der Waals surface area (Å²) in [5, 5.41) is 6.89. The van der Waals surface area contributed by atoms with E-state index in [1.54, 1.807) is 11.1 Å². The smallest absolute Gasteiger partial charge is 0.155 e. The molecule has 2 saturated heterocycles. The molecule has 4 fully saturated rings. The summed E-state index contributed by atoms with van der Waals surface area (Å²) in [5.74, 6) is 4.00. The number of aldehydes is 1. The summed E-state index contributed by atoms with van der Waals surface area (Å²) < 4.78 is 7.00. The van der Waals surface area contributed by atoms with Crippen LogP contribution in [0.4, 0.5) is 0 Å². The fourth-order valence-electron chi connectivity index (χ4n) is 10.4. The van der Waals surface area contributed by atoms with Gasteiger partial charge in [0.05, 0.1) is 18.2 Å². The summed E-state index contributed by atoms with van der Waals surface area (Å²) in [6.45, 7) is 12.3. The van der Waals surface area contributed by atoms with Gasteiger partial charge in [-0.2, -0.15) is 0 Å². The van der Waals surface area contributed by atoms with Gasteiger partial charge in [0.2, 0.25) is 0 Å². The molecule has 1 aromatic carbocycles. The Morgan fingerprint density at radius 1 is 1.11 bits per heavy atom. The van der Waals surface area contributed by atoms with Gasteiger partial charge in [-0.25, -0.2) is 0 Å². The molecule has 5 heteroatoms. The third kappa shape index (κ3) is 6.18. The van der Waals surface area contributed by atoms with Gasteiger partial charge >= 0.3 is 0 Å². The van der Waals surface area contributed by atoms with E-state index < -0.39 is 0 Å². The second-order valence-corrected chi connectivity index (χ2v) is 15.4. The molecule has 2 aliphatic heterocycles. The SMILES string of the molecule is CC1=C2C[C@H]3[C@@H](CCC4=CC(=O)CC[C@@]43C)[C@@H]2CC[C@@]2(C1)O[C@@H]1C[C@H](C)CN[C@H]1[C@H]2C.O=CCNCCCc1ccccc1. The number of nitrogens with one attached hydrogen (secondary N) is 2. The van der Waals surface area contributed by atoms with E-state index in [4.69, 9.17) is 4.74 Å². The van der Waals surface area contributed by atoms with E-state index in [1.807, 2.05) is 24.3 Å². The first-order valence-electron chi connectivity index (χ1n) is 17.8. The predicted molar refractivity (Wildman–Crippen MR) is 177 cm³/mol. The highest BCUT2D eigenvalue weighted by atomic mass is 16.5. The maximum atomic E-state index is 12.1. The number of carbonyl (C=O) groups is 2. The minimum atomic E-state index is 0.0458. The molecule has 2 N–H and O–H groups in total. The summed E-state index contributed by atoms with van der Waals surface area (Å²) >= 11 is 0. The van der Waals surface area contributed by atoms with Crippen LogP contribution < -0.4 is 10.6 Å². The van der Waals surface area contributed by atoms with Crippen LogP contribution in [0.2, 0.25) is 0 Å². The van der Waals surface area contributed by atoms with Gasteiger partial charge in [0.1, 0.15) is 6.29 Å². The van der Waals surface area contributed by atoms with E-state index >= 15 is 0 Å². The van der Waals surface area contributed by atoms with E-state index in [2.05, 4.69) is 50.5 Å². The fraction of sp³-hybridized carbons (Fsp3) is 0.692. The standard InChI is InChI=1S/C28H41NO2.C11H15NO/c1-16-11-25-26(29-15-16)18(3)28(31-25)10-8-21-22-6-5-19-12-20(30)7-9-27(19,4)24(22)13-23(21)17(2)14-28;13-10-9-12-8-4-7-11-5-2-1-3-6-11/h12,16,18,21-22,24-26,29H,5-11,13-15H2,1-4H3;1-3,5-6,10,12H,4,7-9H2/t16-,18+,21-,22-,24-,25+,26-,27-,28-;/m0./s1. The highest BCUT2D eigenvalue weighted by Gasteiger charge is 2.58. The lowest BCUT2D eigenvalue weighted by Gasteiger charge is -2.48. The molecule has 0 aromatic heterocycles. The number of piperidine rings is 1. The highest BCUT2D eigenvalue weighted by Crippen LogP contribution is 2.64. The molecule has 5 nitrogen and oxygen atoms in total. The van der Waals surface area contributed by atoms with Crippen molar-refractivity contribution >= 4 is 12.1 Å². The molecule has 44 heavy (non-hydrogen) atoms. The van der Waals surface area contributed by atoms with Crippen molar-refractivity contribution in [2.24, 2.45) is 35.0 Å². The van der Waals surface area contributed by atoms with E-state index in [0.29, 0.717) is 30.4 Å². The first-order valence-corrected chi connectivity index (χ1v) is 17.8. The number of ether oxygens (including phenoxy) is 1. The predicted octanol–water partition coefficient (Wildman–Crippen LogP) is 7.01. The van der Waals surface area contributed by atoms with Crippen LogP contribution >= 0.6 is 0 Å². The zero-order valence-corrected chi connectivity index (χ0v) is 27.7. The van der Waals surface area contributed by atoms with Crippen molar-refractivity contribution in [3.63, 3.8) is 0 Å². The molecule has 6 aliphatic rings. The van der Waals surface area contributed by atoms with Crippen molar-refractivity contribution in [3.05, 3.63) is 58.7 Å². The van der Waals surface area contributed by atoms with Crippen LogP contribution in [-0.4, -0.2) is 49.5 Å². The third-order valence-corrected chi connectivity index (χ3v) is 12.8. The summed E-state index contributed by atoms with van der Waals surface area (Å²) in [7, 11) is 0. The Morgan fingerprint density at radius 2 is 1.93 bits per heavy atom. The molecule has 0 unspecified atom stereocenters. The number of hydrogen-bond donors (Lipinski definition) is 2. The van der Waals surface area contributed by atoms with Gasteiger partial charge in [-0.05, 0) is 125 Å². The van der Waals surface area contributed by atoms with Crippen LogP contribution in [0.25, 0.3) is 0 Å². The van der Waals surface area contributed by atoms with Gasteiger partial charge in [0.15, 0.2) is 5.78 Å². The maximum absolute atomic E-state index is 12.1. The van der Waals surface area contributed by atoms with Gasteiger partial charge in [0.25, 0.3) is 0 Å². The van der Waals surface area contributed by atoms with Crippen LogP contribution in [0.15, 0.2) is 53.1 Å². The molecule has 1 aromatic rings. The normalized spacial score (nSPS) is 39.3. The van der Waals surface area contributed by atoms with Gasteiger partial charge in [-0.1, -0.05) is 67.8 Å². The maximum Gasteiger partial charge on any atom is 0.155 e. The van der Waals surface area contributed by atoms with Crippen LogP contribution in [0.3, 0.4) is 0 Å². The van der Waals surface area contributed by atoms with E-state index in [9.17, 15) is 9.59 Å². The minimum Gasteiger partial charge on any atom is -0.369 e. The summed E-state index contributed by atoms with van der Waals surface area (Å²) in [6.07, 6.45) is 15.9. The number of carbonyl (C=O) groups excluding carboxylic acids is 2. The van der Waals surface area contributed by atoms with Crippen LogP contribution in [0.5, 0.6) is 0 Å². The topological polar surface area (TPSA) is 67.4 Å². The molecule has 0 amide bonds. The summed E-state index contributed by atoms with van der Waals surface area (Å²) in [6, 6.07) is 10.9. The highest BCUT2D eigenvalue weighted by molar-refractivity contribution is 5.91. The molecule has 4 aliphatic carbocycles. The first kappa shape index (κ1) is 31.9. The number of ketones is 1. The average Bonchev–Trinajstić information content (AvgIpc) is 3.48. The van der Waals surface area contributed by atoms with E-state index in [0.717, 1.165) is 81.6 Å². The molecule has 0 radical (unpaired) electrons. The average molecular weight is 601 g/mol. The molecule has 9 atom stereocenters. The Balaban J connectivity index is 0.000000223. The molecular weight excluding hydrogens is 544 g/mol. The molecule has 240 valence electrons. The second-order valence-electron chi connectivity index (χ2n) is 15.4. The van der Waals surface area contributed by atoms with Crippen LogP contribution in [0.1, 0.15) is 97.5 Å². The van der Waals surface area contributed by atoms with Crippen molar-refractivity contribution in [2.45, 2.75) is 116 Å². The molecule has 2 heterocycles. The number of benzene rings is 1. The van der Waals surface area contributed by atoms with Crippen molar-refractivity contribution in [1.29, 1.82) is 0 Å². The molecule has 0 bridgehead atoms. The van der Waals surface area contributed by atoms with Crippen LogP contribution in [0, 0.1) is 35.0 Å². The number of allylic oxidation sites excluding steroid dienone is 3. The van der Waals surface area contributed by atoms with Gasteiger partial charge in [-0.15, -0.1) is 0 Å². The van der Waals surface area contributed by atoms with E-state index in [1.165, 1.54) is 43.2 Å². The van der Waals surface area contributed by atoms with Crippen molar-refractivity contribution in [3.8, 4) is 0 Å². The van der Waals surface area contributed by atoms with Crippen molar-refractivity contribution < 1.29 is 14.3 Å². The minimum absolute atomic E-state index is 0.0458. The number of fused-ring (bicyclic) bond motifs is 6. The Labute approximate surface area is 266 Å².